The number of aliphatic hydroxyl groups is 1. The summed E-state index contributed by atoms with van der Waals surface area (Å²) in [6.45, 7) is 4.63. The van der Waals surface area contributed by atoms with Gasteiger partial charge in [0.1, 0.15) is 12.7 Å². The van der Waals surface area contributed by atoms with Crippen LogP contribution in [0, 0.1) is 0 Å². The summed E-state index contributed by atoms with van der Waals surface area (Å²) < 4.78 is 39.6. The molecular weight excluding hydrogens is 976 g/mol. The van der Waals surface area contributed by atoms with Crippen LogP contribution in [0.4, 0.5) is 0 Å². The van der Waals surface area contributed by atoms with Gasteiger partial charge in [0.25, 0.3) is 0 Å². The zero-order valence-corrected chi connectivity index (χ0v) is 50.4. The van der Waals surface area contributed by atoms with Gasteiger partial charge in [-0.15, -0.1) is 0 Å². The van der Waals surface area contributed by atoms with Crippen LogP contribution in [-0.4, -0.2) is 66.5 Å². The maximum atomic E-state index is 13.0. The van der Waals surface area contributed by atoms with Crippen molar-refractivity contribution >= 4 is 25.7 Å². The van der Waals surface area contributed by atoms with Crippen LogP contribution in [0.5, 0.6) is 0 Å². The molecule has 3 atom stereocenters. The zero-order chi connectivity index (χ0) is 55.5. The molecule has 11 nitrogen and oxygen atoms in total. The highest BCUT2D eigenvalue weighted by Gasteiger charge is 2.28. The molecule has 0 saturated carbocycles. The van der Waals surface area contributed by atoms with Crippen molar-refractivity contribution in [1.82, 2.24) is 0 Å². The fraction of sp³-hybridized carbons (Fsp3) is 0.859. The van der Waals surface area contributed by atoms with Crippen molar-refractivity contribution in [2.45, 2.75) is 328 Å². The van der Waals surface area contributed by atoms with Crippen LogP contribution < -0.4 is 0 Å². The fourth-order valence-electron chi connectivity index (χ4n) is 9.13. The van der Waals surface area contributed by atoms with Gasteiger partial charge in [-0.25, -0.2) is 4.57 Å². The molecule has 0 aliphatic heterocycles. The lowest BCUT2D eigenvalue weighted by Crippen LogP contribution is -2.30. The van der Waals surface area contributed by atoms with Gasteiger partial charge in [0, 0.05) is 19.3 Å². The van der Waals surface area contributed by atoms with E-state index >= 15 is 0 Å². The first-order chi connectivity index (χ1) is 37.2. The molecule has 76 heavy (non-hydrogen) atoms. The summed E-state index contributed by atoms with van der Waals surface area (Å²) in [5, 5.41) is 9.81. The van der Waals surface area contributed by atoms with Gasteiger partial charge in [-0.2, -0.15) is 0 Å². The topological polar surface area (TPSA) is 155 Å². The number of esters is 3. The number of ether oxygens (including phenoxy) is 3. The number of phosphoric acid groups is 1. The van der Waals surface area contributed by atoms with E-state index in [0.29, 0.717) is 19.3 Å². The Hall–Kier alpha value is -2.30. The largest absolute Gasteiger partial charge is 0.472 e. The van der Waals surface area contributed by atoms with Crippen LogP contribution >= 0.6 is 7.82 Å². The highest BCUT2D eigenvalue weighted by Crippen LogP contribution is 2.43. The second kappa shape index (κ2) is 58.8. The summed E-state index contributed by atoms with van der Waals surface area (Å²) in [5.74, 6) is -1.45. The number of phosphoric ester groups is 1. The van der Waals surface area contributed by atoms with E-state index in [1.165, 1.54) is 167 Å². The SMILES string of the molecule is CCCC/C=C\CCCCCCCC(=O)OC(CO)COP(=O)(O)OCC(COC(=O)CCCCCCCCCCC/C=C\C/C=C\CCCCC)OC(=O)CCCCCCCCCCCCCCCCCCCCC. The molecule has 0 aliphatic carbocycles. The molecule has 0 aromatic heterocycles. The first-order valence-corrected chi connectivity index (χ1v) is 33.4. The average molecular weight is 1100 g/mol. The van der Waals surface area contributed by atoms with E-state index in [2.05, 4.69) is 57.2 Å². The predicted molar refractivity (Wildman–Crippen MR) is 316 cm³/mol. The standard InChI is InChI=1S/C64H119O11P/c1-4-7-10-13-16-19-22-24-26-28-30-32-34-36-39-41-44-47-50-53-62(66)71-57-61(75-64(68)55-52-49-46-43-40-37-35-33-31-29-27-25-23-20-17-14-11-8-5-2)59-73-76(69,70)72-58-60(56-65)74-63(67)54-51-48-45-42-38-21-18-15-12-9-6-3/h15-16,18-19,24,26,60-61,65H,4-14,17,20-23,25,27-59H2,1-3H3,(H,69,70)/b18-15-,19-16-,26-24-. The summed E-state index contributed by atoms with van der Waals surface area (Å²) in [6, 6.07) is 0. The second-order valence-electron chi connectivity index (χ2n) is 21.6. The summed E-state index contributed by atoms with van der Waals surface area (Å²) in [7, 11) is -4.75. The van der Waals surface area contributed by atoms with Crippen LogP contribution in [-0.2, 0) is 42.2 Å². The van der Waals surface area contributed by atoms with Crippen LogP contribution in [0.3, 0.4) is 0 Å². The highest BCUT2D eigenvalue weighted by molar-refractivity contribution is 7.47. The molecular formula is C64H119O11P. The Bertz CT molecular complexity index is 1420. The normalized spacial score (nSPS) is 13.5. The van der Waals surface area contributed by atoms with Gasteiger partial charge in [-0.1, -0.05) is 263 Å². The Morgan fingerprint density at radius 3 is 1.05 bits per heavy atom. The number of carbonyl (C=O) groups is 3. The van der Waals surface area contributed by atoms with E-state index in [1.54, 1.807) is 0 Å². The van der Waals surface area contributed by atoms with Crippen molar-refractivity contribution in [2.24, 2.45) is 0 Å². The highest BCUT2D eigenvalue weighted by atomic mass is 31.2. The van der Waals surface area contributed by atoms with Crippen molar-refractivity contribution in [3.63, 3.8) is 0 Å². The molecule has 0 radical (unpaired) electrons. The van der Waals surface area contributed by atoms with E-state index in [1.807, 2.05) is 0 Å². The number of allylic oxidation sites excluding steroid dienone is 6. The van der Waals surface area contributed by atoms with Crippen LogP contribution in [0.1, 0.15) is 316 Å². The van der Waals surface area contributed by atoms with E-state index in [9.17, 15) is 28.9 Å². The minimum Gasteiger partial charge on any atom is -0.462 e. The summed E-state index contributed by atoms with van der Waals surface area (Å²) >= 11 is 0. The average Bonchev–Trinajstić information content (AvgIpc) is 3.41. The molecule has 0 aromatic rings. The van der Waals surface area contributed by atoms with Crippen molar-refractivity contribution in [3.05, 3.63) is 36.5 Å². The third kappa shape index (κ3) is 56.4. The van der Waals surface area contributed by atoms with Crippen molar-refractivity contribution in [3.8, 4) is 0 Å². The van der Waals surface area contributed by atoms with Crippen molar-refractivity contribution in [1.29, 1.82) is 0 Å². The Morgan fingerprint density at radius 1 is 0.368 bits per heavy atom. The number of aliphatic hydroxyl groups excluding tert-OH is 1. The molecule has 0 aliphatic rings. The molecule has 0 bridgehead atoms. The summed E-state index contributed by atoms with van der Waals surface area (Å²) in [5.41, 5.74) is 0. The lowest BCUT2D eigenvalue weighted by Gasteiger charge is -2.21. The maximum Gasteiger partial charge on any atom is 0.472 e. The Labute approximate surface area is 467 Å². The second-order valence-corrected chi connectivity index (χ2v) is 23.0. The van der Waals surface area contributed by atoms with E-state index in [4.69, 9.17) is 23.3 Å². The molecule has 0 fully saturated rings. The number of hydrogen-bond donors (Lipinski definition) is 2. The molecule has 2 N–H and O–H groups in total. The summed E-state index contributed by atoms with van der Waals surface area (Å²) in [4.78, 5) is 48.7. The quantitative estimate of drug-likeness (QED) is 0.0197. The number of hydrogen-bond acceptors (Lipinski definition) is 10. The first kappa shape index (κ1) is 73.7. The Balaban J connectivity index is 4.66. The third-order valence-electron chi connectivity index (χ3n) is 14.0. The lowest BCUT2D eigenvalue weighted by molar-refractivity contribution is -0.161. The van der Waals surface area contributed by atoms with E-state index in [0.717, 1.165) is 89.9 Å². The maximum absolute atomic E-state index is 13.0. The Morgan fingerprint density at radius 2 is 0.658 bits per heavy atom. The minimum absolute atomic E-state index is 0.169. The number of unbranched alkanes of at least 4 members (excludes halogenated alkanes) is 37. The molecule has 446 valence electrons. The van der Waals surface area contributed by atoms with Gasteiger partial charge in [0.05, 0.1) is 19.8 Å². The fourth-order valence-corrected chi connectivity index (χ4v) is 9.92. The van der Waals surface area contributed by atoms with Crippen LogP contribution in [0.15, 0.2) is 36.5 Å². The minimum atomic E-state index is -4.75. The molecule has 0 saturated heterocycles. The molecule has 0 amide bonds. The summed E-state index contributed by atoms with van der Waals surface area (Å²) in [6.07, 6.45) is 62.4. The van der Waals surface area contributed by atoms with Crippen LogP contribution in [0.25, 0.3) is 0 Å². The van der Waals surface area contributed by atoms with Crippen LogP contribution in [0.2, 0.25) is 0 Å². The third-order valence-corrected chi connectivity index (χ3v) is 15.0. The molecule has 0 rings (SSSR count). The van der Waals surface area contributed by atoms with Crippen molar-refractivity contribution in [2.75, 3.05) is 26.4 Å². The van der Waals surface area contributed by atoms with Gasteiger partial charge in [0.15, 0.2) is 6.10 Å². The van der Waals surface area contributed by atoms with E-state index < -0.39 is 57.8 Å². The molecule has 0 heterocycles. The van der Waals surface area contributed by atoms with Crippen molar-refractivity contribution < 1.29 is 52.2 Å². The predicted octanol–water partition coefficient (Wildman–Crippen LogP) is 19.2. The monoisotopic (exact) mass is 1090 g/mol. The molecule has 0 aromatic carbocycles. The first-order valence-electron chi connectivity index (χ1n) is 31.9. The van der Waals surface area contributed by atoms with Gasteiger partial charge < -0.3 is 24.2 Å². The Kier molecular flexibility index (Phi) is 57.1. The van der Waals surface area contributed by atoms with Gasteiger partial charge >= 0.3 is 25.7 Å². The van der Waals surface area contributed by atoms with Gasteiger partial charge in [-0.05, 0) is 70.6 Å². The zero-order valence-electron chi connectivity index (χ0n) is 49.5. The lowest BCUT2D eigenvalue weighted by atomic mass is 10.0. The van der Waals surface area contributed by atoms with E-state index in [-0.39, 0.29) is 25.9 Å². The molecule has 3 unspecified atom stereocenters. The number of rotatable bonds is 60. The molecule has 0 spiro atoms. The molecule has 12 heteroatoms. The smallest absolute Gasteiger partial charge is 0.462 e. The van der Waals surface area contributed by atoms with Gasteiger partial charge in [-0.3, -0.25) is 23.4 Å². The number of carbonyl (C=O) groups excluding carboxylic acids is 3. The van der Waals surface area contributed by atoms with Gasteiger partial charge in [0.2, 0.25) is 0 Å².